The van der Waals surface area contributed by atoms with E-state index in [1.807, 2.05) is 53.4 Å². The van der Waals surface area contributed by atoms with Gasteiger partial charge in [0.1, 0.15) is 5.52 Å². The smallest absolute Gasteiger partial charge is 0.321 e. The maximum atomic E-state index is 12.4. The monoisotopic (exact) mass is 386 g/mol. The molecule has 3 N–H and O–H groups in total. The number of carbonyl (C=O) groups is 1. The zero-order valence-electron chi connectivity index (χ0n) is 14.9. The fourth-order valence-corrected chi connectivity index (χ4v) is 3.22. The molecule has 1 aliphatic rings. The van der Waals surface area contributed by atoms with Crippen LogP contribution in [0.5, 0.6) is 0 Å². The lowest BCUT2D eigenvalue weighted by Crippen LogP contribution is -2.36. The van der Waals surface area contributed by atoms with Crippen LogP contribution >= 0.6 is 12.4 Å². The number of halogens is 1. The van der Waals surface area contributed by atoms with E-state index in [9.17, 15) is 4.79 Å². The summed E-state index contributed by atoms with van der Waals surface area (Å²) in [5.41, 5.74) is 9.20. The van der Waals surface area contributed by atoms with Gasteiger partial charge in [0.25, 0.3) is 0 Å². The molecule has 1 saturated heterocycles. The molecular weight excluding hydrogens is 364 g/mol. The van der Waals surface area contributed by atoms with Crippen molar-refractivity contribution in [2.24, 2.45) is 5.73 Å². The second kappa shape index (κ2) is 8.41. The van der Waals surface area contributed by atoms with Crippen molar-refractivity contribution in [3.8, 4) is 11.5 Å². The van der Waals surface area contributed by atoms with E-state index >= 15 is 0 Å². The number of hydrogen-bond acceptors (Lipinski definition) is 4. The molecule has 3 aromatic rings. The average molecular weight is 387 g/mol. The Hall–Kier alpha value is -2.57. The first-order chi connectivity index (χ1) is 12.7. The Kier molecular flexibility index (Phi) is 5.98. The van der Waals surface area contributed by atoms with Crippen LogP contribution in [0, 0.1) is 0 Å². The van der Waals surface area contributed by atoms with Crippen LogP contribution < -0.4 is 11.1 Å². The first kappa shape index (κ1) is 19.2. The van der Waals surface area contributed by atoms with Crippen LogP contribution in [0.4, 0.5) is 10.5 Å². The van der Waals surface area contributed by atoms with Crippen LogP contribution in [0.3, 0.4) is 0 Å². The lowest BCUT2D eigenvalue weighted by atomic mass is 10.1. The van der Waals surface area contributed by atoms with Crippen LogP contribution in [0.15, 0.2) is 52.9 Å². The molecule has 2 heterocycles. The minimum atomic E-state index is -0.0753. The van der Waals surface area contributed by atoms with Gasteiger partial charge in [0, 0.05) is 30.4 Å². The number of oxazole rings is 1. The molecule has 142 valence electrons. The molecule has 7 heteroatoms. The number of likely N-dealkylation sites (tertiary alicyclic amines) is 1. The number of amides is 2. The number of fused-ring (bicyclic) bond motifs is 1. The first-order valence-corrected chi connectivity index (χ1v) is 8.96. The lowest BCUT2D eigenvalue weighted by Gasteiger charge is -2.21. The quantitative estimate of drug-likeness (QED) is 0.689. The molecule has 0 saturated carbocycles. The highest BCUT2D eigenvalue weighted by molar-refractivity contribution is 5.89. The highest BCUT2D eigenvalue weighted by atomic mass is 35.5. The summed E-state index contributed by atoms with van der Waals surface area (Å²) >= 11 is 0. The third-order valence-corrected chi connectivity index (χ3v) is 4.74. The van der Waals surface area contributed by atoms with Gasteiger partial charge in [0.15, 0.2) is 5.58 Å². The summed E-state index contributed by atoms with van der Waals surface area (Å²) in [4.78, 5) is 18.8. The van der Waals surface area contributed by atoms with E-state index < -0.39 is 0 Å². The largest absolute Gasteiger partial charge is 0.436 e. The van der Waals surface area contributed by atoms with Crippen molar-refractivity contribution in [1.82, 2.24) is 9.88 Å². The van der Waals surface area contributed by atoms with E-state index in [-0.39, 0.29) is 24.5 Å². The van der Waals surface area contributed by atoms with Crippen LogP contribution in [-0.2, 0) is 0 Å². The van der Waals surface area contributed by atoms with Gasteiger partial charge in [-0.3, -0.25) is 0 Å². The van der Waals surface area contributed by atoms with E-state index in [0.29, 0.717) is 12.4 Å². The second-order valence-electron chi connectivity index (χ2n) is 6.67. The topological polar surface area (TPSA) is 84.4 Å². The second-order valence-corrected chi connectivity index (χ2v) is 6.67. The van der Waals surface area contributed by atoms with Gasteiger partial charge in [-0.2, -0.15) is 0 Å². The average Bonchev–Trinajstić information content (AvgIpc) is 2.97. The lowest BCUT2D eigenvalue weighted by molar-refractivity contribution is 0.213. The number of aromatic nitrogens is 1. The third kappa shape index (κ3) is 4.40. The number of urea groups is 1. The van der Waals surface area contributed by atoms with E-state index in [0.717, 1.165) is 48.2 Å². The van der Waals surface area contributed by atoms with Crippen molar-refractivity contribution >= 4 is 35.2 Å². The maximum absolute atomic E-state index is 12.4. The van der Waals surface area contributed by atoms with E-state index in [4.69, 9.17) is 10.2 Å². The predicted molar refractivity (Wildman–Crippen MR) is 109 cm³/mol. The van der Waals surface area contributed by atoms with Crippen LogP contribution in [-0.4, -0.2) is 35.0 Å². The Morgan fingerprint density at radius 3 is 2.67 bits per heavy atom. The number of carbonyl (C=O) groups excluding carboxylic acids is 1. The molecule has 1 aromatic heterocycles. The number of para-hydroxylation sites is 2. The minimum absolute atomic E-state index is 0. The Bertz CT molecular complexity index is 877. The first-order valence-electron chi connectivity index (χ1n) is 8.96. The van der Waals surface area contributed by atoms with Crippen molar-refractivity contribution in [3.05, 3.63) is 48.5 Å². The van der Waals surface area contributed by atoms with Gasteiger partial charge >= 0.3 is 6.03 Å². The summed E-state index contributed by atoms with van der Waals surface area (Å²) < 4.78 is 5.78. The zero-order chi connectivity index (χ0) is 17.9. The van der Waals surface area contributed by atoms with Crippen molar-refractivity contribution in [2.45, 2.75) is 25.3 Å². The summed E-state index contributed by atoms with van der Waals surface area (Å²) in [5, 5.41) is 2.95. The van der Waals surface area contributed by atoms with Crippen LogP contribution in [0.25, 0.3) is 22.6 Å². The molecule has 0 radical (unpaired) electrons. The summed E-state index contributed by atoms with van der Waals surface area (Å²) in [6.07, 6.45) is 2.78. The SMILES string of the molecule is Cl.NC1CCCN(C(=O)Nc2ccc(-c3nc4ccccc4o3)cc2)CC1. The van der Waals surface area contributed by atoms with E-state index in [2.05, 4.69) is 10.3 Å². The molecule has 6 nitrogen and oxygen atoms in total. The fraction of sp³-hybridized carbons (Fsp3) is 0.300. The molecule has 2 amide bonds. The Morgan fingerprint density at radius 1 is 1.11 bits per heavy atom. The van der Waals surface area contributed by atoms with Gasteiger partial charge in [0.2, 0.25) is 5.89 Å². The number of hydrogen-bond donors (Lipinski definition) is 2. The molecule has 1 aliphatic heterocycles. The predicted octanol–water partition coefficient (Wildman–Crippen LogP) is 4.26. The Balaban J connectivity index is 0.00000210. The summed E-state index contributed by atoms with van der Waals surface area (Å²) in [7, 11) is 0. The fourth-order valence-electron chi connectivity index (χ4n) is 3.22. The van der Waals surface area contributed by atoms with Crippen molar-refractivity contribution in [1.29, 1.82) is 0 Å². The molecule has 0 aliphatic carbocycles. The van der Waals surface area contributed by atoms with Crippen molar-refractivity contribution in [2.75, 3.05) is 18.4 Å². The summed E-state index contributed by atoms with van der Waals surface area (Å²) in [6, 6.07) is 15.3. The number of anilines is 1. The third-order valence-electron chi connectivity index (χ3n) is 4.74. The number of rotatable bonds is 2. The van der Waals surface area contributed by atoms with Gasteiger partial charge in [0.05, 0.1) is 0 Å². The normalized spacial score (nSPS) is 17.2. The van der Waals surface area contributed by atoms with Gasteiger partial charge in [-0.1, -0.05) is 12.1 Å². The summed E-state index contributed by atoms with van der Waals surface area (Å²) in [5.74, 6) is 0.575. The molecule has 2 aromatic carbocycles. The molecule has 4 rings (SSSR count). The molecule has 1 atom stereocenters. The molecule has 1 unspecified atom stereocenters. The van der Waals surface area contributed by atoms with Crippen LogP contribution in [0.2, 0.25) is 0 Å². The van der Waals surface area contributed by atoms with E-state index in [1.165, 1.54) is 0 Å². The summed E-state index contributed by atoms with van der Waals surface area (Å²) in [6.45, 7) is 1.45. The Labute approximate surface area is 164 Å². The van der Waals surface area contributed by atoms with Crippen LogP contribution in [0.1, 0.15) is 19.3 Å². The highest BCUT2D eigenvalue weighted by Gasteiger charge is 2.18. The maximum Gasteiger partial charge on any atom is 0.321 e. The minimum Gasteiger partial charge on any atom is -0.436 e. The number of nitrogens with two attached hydrogens (primary N) is 1. The van der Waals surface area contributed by atoms with Crippen molar-refractivity contribution < 1.29 is 9.21 Å². The van der Waals surface area contributed by atoms with E-state index in [1.54, 1.807) is 0 Å². The molecule has 1 fully saturated rings. The molecule has 0 bridgehead atoms. The van der Waals surface area contributed by atoms with Gasteiger partial charge in [-0.05, 0) is 55.7 Å². The molecule has 27 heavy (non-hydrogen) atoms. The Morgan fingerprint density at radius 2 is 1.89 bits per heavy atom. The van der Waals surface area contributed by atoms with Gasteiger partial charge < -0.3 is 20.4 Å². The van der Waals surface area contributed by atoms with Gasteiger partial charge in [-0.15, -0.1) is 12.4 Å². The molecular formula is C20H23ClN4O2. The molecule has 0 spiro atoms. The number of nitrogens with zero attached hydrogens (tertiary/aromatic N) is 2. The van der Waals surface area contributed by atoms with Gasteiger partial charge in [-0.25, -0.2) is 9.78 Å². The van der Waals surface area contributed by atoms with Crippen molar-refractivity contribution in [3.63, 3.8) is 0 Å². The number of nitrogens with one attached hydrogen (secondary N) is 1. The zero-order valence-corrected chi connectivity index (χ0v) is 15.7. The standard InChI is InChI=1S/C20H22N4O2.ClH/c21-15-4-3-12-24(13-11-15)20(25)22-16-9-7-14(8-10-16)19-23-17-5-1-2-6-18(17)26-19;/h1-2,5-10,15H,3-4,11-13,21H2,(H,22,25);1H. The highest BCUT2D eigenvalue weighted by Crippen LogP contribution is 2.25. The number of benzene rings is 2.